The summed E-state index contributed by atoms with van der Waals surface area (Å²) in [5.74, 6) is -0.0494. The summed E-state index contributed by atoms with van der Waals surface area (Å²) in [6, 6.07) is 14.2. The Hall–Kier alpha value is -2.28. The Morgan fingerprint density at radius 1 is 1.15 bits per heavy atom. The van der Waals surface area contributed by atoms with Crippen LogP contribution in [-0.4, -0.2) is 36.4 Å². The third-order valence-corrected chi connectivity index (χ3v) is 6.32. The van der Waals surface area contributed by atoms with Gasteiger partial charge in [-0.25, -0.2) is 4.98 Å². The van der Waals surface area contributed by atoms with Crippen LogP contribution in [0.5, 0.6) is 0 Å². The Bertz CT molecular complexity index is 1070. The Labute approximate surface area is 160 Å². The van der Waals surface area contributed by atoms with Crippen LogP contribution in [0.25, 0.3) is 20.3 Å². The molecule has 0 fully saturated rings. The molecule has 6 heteroatoms. The molecule has 1 amide bonds. The van der Waals surface area contributed by atoms with Gasteiger partial charge in [0.15, 0.2) is 0 Å². The molecule has 0 aliphatic heterocycles. The maximum Gasteiger partial charge on any atom is 0.251 e. The van der Waals surface area contributed by atoms with E-state index in [-0.39, 0.29) is 11.9 Å². The first-order chi connectivity index (χ1) is 12.6. The van der Waals surface area contributed by atoms with Crippen LogP contribution in [0.2, 0.25) is 0 Å². The minimum absolute atomic E-state index is 0.0494. The van der Waals surface area contributed by atoms with Crippen molar-refractivity contribution in [3.05, 3.63) is 64.5 Å². The van der Waals surface area contributed by atoms with Gasteiger partial charge in [0.05, 0.1) is 21.8 Å². The lowest BCUT2D eigenvalue weighted by atomic mass is 10.0. The molecule has 132 valence electrons. The van der Waals surface area contributed by atoms with E-state index in [1.54, 1.807) is 28.2 Å². The molecule has 1 unspecified atom stereocenters. The SMILES string of the molecule is CN(C)C(CNC(=O)c1ccc2ncsc2c1)c1csc2ccccc12. The number of nitrogens with zero attached hydrogens (tertiary/aromatic N) is 2. The number of aromatic nitrogens is 1. The zero-order valence-electron chi connectivity index (χ0n) is 14.6. The van der Waals surface area contributed by atoms with Crippen LogP contribution in [0.4, 0.5) is 0 Å². The molecule has 2 heterocycles. The van der Waals surface area contributed by atoms with E-state index in [9.17, 15) is 4.79 Å². The predicted molar refractivity (Wildman–Crippen MR) is 110 cm³/mol. The summed E-state index contributed by atoms with van der Waals surface area (Å²) in [6.07, 6.45) is 0. The molecule has 0 aliphatic rings. The van der Waals surface area contributed by atoms with Crippen LogP contribution in [0, 0.1) is 0 Å². The zero-order chi connectivity index (χ0) is 18.1. The molecule has 0 saturated heterocycles. The molecule has 0 radical (unpaired) electrons. The molecule has 1 N–H and O–H groups in total. The van der Waals surface area contributed by atoms with Crippen LogP contribution in [0.1, 0.15) is 22.0 Å². The van der Waals surface area contributed by atoms with Gasteiger partial charge in [0.1, 0.15) is 0 Å². The van der Waals surface area contributed by atoms with Crippen LogP contribution < -0.4 is 5.32 Å². The second-order valence-electron chi connectivity index (χ2n) is 6.41. The minimum Gasteiger partial charge on any atom is -0.350 e. The molecule has 4 nitrogen and oxygen atoms in total. The summed E-state index contributed by atoms with van der Waals surface area (Å²) in [4.78, 5) is 19.0. The maximum absolute atomic E-state index is 12.6. The Morgan fingerprint density at radius 2 is 2.00 bits per heavy atom. The Kier molecular flexibility index (Phi) is 4.72. The van der Waals surface area contributed by atoms with Crippen molar-refractivity contribution in [2.45, 2.75) is 6.04 Å². The van der Waals surface area contributed by atoms with Crippen LogP contribution in [0.15, 0.2) is 53.4 Å². The number of rotatable bonds is 5. The first-order valence-corrected chi connectivity index (χ1v) is 10.1. The van der Waals surface area contributed by atoms with Gasteiger partial charge in [-0.1, -0.05) is 18.2 Å². The summed E-state index contributed by atoms with van der Waals surface area (Å²) >= 11 is 3.30. The van der Waals surface area contributed by atoms with Crippen LogP contribution in [0.3, 0.4) is 0 Å². The van der Waals surface area contributed by atoms with Crippen molar-refractivity contribution in [1.82, 2.24) is 15.2 Å². The topological polar surface area (TPSA) is 45.2 Å². The summed E-state index contributed by atoms with van der Waals surface area (Å²) in [5.41, 5.74) is 4.67. The fourth-order valence-corrected chi connectivity index (χ4v) is 4.84. The Balaban J connectivity index is 1.54. The van der Waals surface area contributed by atoms with Crippen molar-refractivity contribution in [2.75, 3.05) is 20.6 Å². The van der Waals surface area contributed by atoms with Crippen molar-refractivity contribution in [3.63, 3.8) is 0 Å². The predicted octanol–water partition coefficient (Wildman–Crippen LogP) is 4.54. The molecule has 2 aromatic heterocycles. The van der Waals surface area contributed by atoms with E-state index in [2.05, 4.69) is 44.8 Å². The number of carbonyl (C=O) groups excluding carboxylic acids is 1. The number of likely N-dealkylation sites (N-methyl/N-ethyl adjacent to an activating group) is 1. The lowest BCUT2D eigenvalue weighted by molar-refractivity contribution is 0.0942. The quantitative estimate of drug-likeness (QED) is 0.552. The summed E-state index contributed by atoms with van der Waals surface area (Å²) in [7, 11) is 4.10. The second kappa shape index (κ2) is 7.15. The van der Waals surface area contributed by atoms with Gasteiger partial charge in [-0.15, -0.1) is 22.7 Å². The van der Waals surface area contributed by atoms with E-state index in [0.29, 0.717) is 12.1 Å². The molecule has 26 heavy (non-hydrogen) atoms. The highest BCUT2D eigenvalue weighted by Crippen LogP contribution is 2.32. The first-order valence-electron chi connectivity index (χ1n) is 8.37. The van der Waals surface area contributed by atoms with Gasteiger partial charge in [0.2, 0.25) is 0 Å². The van der Waals surface area contributed by atoms with Gasteiger partial charge >= 0.3 is 0 Å². The normalized spacial score (nSPS) is 12.7. The van der Waals surface area contributed by atoms with Crippen molar-refractivity contribution in [1.29, 1.82) is 0 Å². The first kappa shape index (κ1) is 17.1. The van der Waals surface area contributed by atoms with Gasteiger partial charge in [-0.2, -0.15) is 0 Å². The number of amides is 1. The Morgan fingerprint density at radius 3 is 2.85 bits per heavy atom. The number of hydrogen-bond acceptors (Lipinski definition) is 5. The van der Waals surface area contributed by atoms with E-state index in [1.165, 1.54) is 15.6 Å². The lowest BCUT2D eigenvalue weighted by Crippen LogP contribution is -2.34. The van der Waals surface area contributed by atoms with E-state index in [4.69, 9.17) is 0 Å². The standard InChI is InChI=1S/C20H19N3OS2/c1-23(2)17(15-11-25-18-6-4-3-5-14(15)18)10-21-20(24)13-7-8-16-19(9-13)26-12-22-16/h3-9,11-12,17H,10H2,1-2H3,(H,21,24). The molecule has 2 aromatic carbocycles. The highest BCUT2D eigenvalue weighted by molar-refractivity contribution is 7.17. The van der Waals surface area contributed by atoms with Gasteiger partial charge in [-0.3, -0.25) is 4.79 Å². The largest absolute Gasteiger partial charge is 0.350 e. The lowest BCUT2D eigenvalue weighted by Gasteiger charge is -2.24. The number of nitrogens with one attached hydrogen (secondary N) is 1. The summed E-state index contributed by atoms with van der Waals surface area (Å²) in [5, 5.41) is 6.56. The van der Waals surface area contributed by atoms with Gasteiger partial charge in [-0.05, 0) is 54.7 Å². The molecular weight excluding hydrogens is 362 g/mol. The molecule has 4 rings (SSSR count). The smallest absolute Gasteiger partial charge is 0.251 e. The average Bonchev–Trinajstić information content (AvgIpc) is 3.28. The van der Waals surface area contributed by atoms with Gasteiger partial charge in [0.25, 0.3) is 5.91 Å². The number of fused-ring (bicyclic) bond motifs is 2. The number of hydrogen-bond donors (Lipinski definition) is 1. The maximum atomic E-state index is 12.6. The van der Waals surface area contributed by atoms with Crippen molar-refractivity contribution in [2.24, 2.45) is 0 Å². The molecule has 0 saturated carbocycles. The third kappa shape index (κ3) is 3.23. The summed E-state index contributed by atoms with van der Waals surface area (Å²) < 4.78 is 2.31. The van der Waals surface area contributed by atoms with E-state index >= 15 is 0 Å². The monoisotopic (exact) mass is 381 g/mol. The molecule has 0 bridgehead atoms. The van der Waals surface area contributed by atoms with Crippen molar-refractivity contribution >= 4 is 48.9 Å². The van der Waals surface area contributed by atoms with Crippen LogP contribution >= 0.6 is 22.7 Å². The van der Waals surface area contributed by atoms with Crippen LogP contribution in [-0.2, 0) is 0 Å². The molecule has 0 aliphatic carbocycles. The molecule has 4 aromatic rings. The number of thiophene rings is 1. The minimum atomic E-state index is -0.0494. The van der Waals surface area contributed by atoms with Crippen molar-refractivity contribution in [3.8, 4) is 0 Å². The van der Waals surface area contributed by atoms with E-state index < -0.39 is 0 Å². The number of carbonyl (C=O) groups is 1. The fourth-order valence-electron chi connectivity index (χ4n) is 3.11. The summed E-state index contributed by atoms with van der Waals surface area (Å²) in [6.45, 7) is 0.563. The fraction of sp³-hybridized carbons (Fsp3) is 0.200. The zero-order valence-corrected chi connectivity index (χ0v) is 16.2. The molecule has 0 spiro atoms. The highest BCUT2D eigenvalue weighted by Gasteiger charge is 2.19. The number of benzene rings is 2. The molecular formula is C20H19N3OS2. The third-order valence-electron chi connectivity index (χ3n) is 4.54. The van der Waals surface area contributed by atoms with Gasteiger partial charge < -0.3 is 10.2 Å². The van der Waals surface area contributed by atoms with Gasteiger partial charge in [0, 0.05) is 16.8 Å². The average molecular weight is 382 g/mol. The van der Waals surface area contributed by atoms with Crippen molar-refractivity contribution < 1.29 is 4.79 Å². The van der Waals surface area contributed by atoms with E-state index in [1.807, 2.05) is 32.3 Å². The second-order valence-corrected chi connectivity index (χ2v) is 8.21. The highest BCUT2D eigenvalue weighted by atomic mass is 32.1. The molecule has 1 atom stereocenters. The number of thiazole rings is 1. The van der Waals surface area contributed by atoms with E-state index in [0.717, 1.165) is 10.2 Å².